The van der Waals surface area contributed by atoms with E-state index in [2.05, 4.69) is 17.9 Å². The Morgan fingerprint density at radius 3 is 1.90 bits per heavy atom. The molecule has 0 atom stereocenters. The number of benzene rings is 3. The highest BCUT2D eigenvalue weighted by Gasteiger charge is 2.20. The summed E-state index contributed by atoms with van der Waals surface area (Å²) in [7, 11) is 0. The van der Waals surface area contributed by atoms with Gasteiger partial charge in [0.05, 0.1) is 38.1 Å². The maximum absolute atomic E-state index is 12.7. The molecule has 1 aliphatic rings. The number of rotatable bonds is 20. The Labute approximate surface area is 299 Å². The predicted octanol–water partition coefficient (Wildman–Crippen LogP) is 8.33. The molecular formula is C41H46O10. The van der Waals surface area contributed by atoms with E-state index in [1.807, 2.05) is 36.4 Å². The number of hydrogen-bond donors (Lipinski definition) is 0. The van der Waals surface area contributed by atoms with Crippen LogP contribution in [0.5, 0.6) is 17.2 Å². The standard InChI is InChI=1S/C41H46O10/c1-3-46-38(42)13-8-5-9-26-47-35-22-24-37(25-23-35)51-41(45)33-16-14-31(15-17-33)32-18-20-34(21-19-32)48-27-10-28-49-40(44)30(2)29-39(43)50-36-11-6-4-7-12-36/h3,14-25,36H,1-2,4-13,26-29H2. The van der Waals surface area contributed by atoms with Crippen molar-refractivity contribution in [2.45, 2.75) is 76.7 Å². The molecule has 4 rings (SSSR count). The van der Waals surface area contributed by atoms with Crippen LogP contribution in [0.4, 0.5) is 0 Å². The van der Waals surface area contributed by atoms with E-state index in [1.165, 1.54) is 0 Å². The van der Waals surface area contributed by atoms with Crippen molar-refractivity contribution in [3.8, 4) is 28.4 Å². The molecule has 0 aliphatic heterocycles. The Morgan fingerprint density at radius 1 is 0.667 bits per heavy atom. The second kappa shape index (κ2) is 21.0. The summed E-state index contributed by atoms with van der Waals surface area (Å²) in [6.45, 7) is 8.03. The van der Waals surface area contributed by atoms with E-state index in [1.54, 1.807) is 36.4 Å². The molecule has 0 spiro atoms. The highest BCUT2D eigenvalue weighted by Crippen LogP contribution is 2.25. The Bertz CT molecular complexity index is 1590. The van der Waals surface area contributed by atoms with Gasteiger partial charge in [0.15, 0.2) is 0 Å². The summed E-state index contributed by atoms with van der Waals surface area (Å²) in [5.74, 6) is -0.0671. The van der Waals surface area contributed by atoms with Crippen LogP contribution in [0.3, 0.4) is 0 Å². The van der Waals surface area contributed by atoms with Crippen LogP contribution in [0.1, 0.15) is 81.0 Å². The van der Waals surface area contributed by atoms with E-state index >= 15 is 0 Å². The molecule has 3 aromatic rings. The van der Waals surface area contributed by atoms with Crippen molar-refractivity contribution in [2.24, 2.45) is 0 Å². The molecule has 0 saturated heterocycles. The van der Waals surface area contributed by atoms with Gasteiger partial charge in [-0.3, -0.25) is 9.59 Å². The van der Waals surface area contributed by atoms with Crippen molar-refractivity contribution >= 4 is 23.9 Å². The smallest absolute Gasteiger partial charge is 0.343 e. The van der Waals surface area contributed by atoms with E-state index in [9.17, 15) is 19.2 Å². The number of hydrogen-bond acceptors (Lipinski definition) is 10. The van der Waals surface area contributed by atoms with Gasteiger partial charge in [-0.2, -0.15) is 0 Å². The summed E-state index contributed by atoms with van der Waals surface area (Å²) < 4.78 is 32.4. The molecule has 1 saturated carbocycles. The van der Waals surface area contributed by atoms with E-state index in [-0.39, 0.29) is 30.7 Å². The van der Waals surface area contributed by atoms with Gasteiger partial charge in [0.2, 0.25) is 0 Å². The lowest BCUT2D eigenvalue weighted by atomic mass is 9.98. The van der Waals surface area contributed by atoms with Gasteiger partial charge >= 0.3 is 23.9 Å². The lowest BCUT2D eigenvalue weighted by Gasteiger charge is -2.21. The summed E-state index contributed by atoms with van der Waals surface area (Å²) in [5, 5.41) is 0. The molecule has 0 radical (unpaired) electrons. The van der Waals surface area contributed by atoms with E-state index in [0.717, 1.165) is 68.8 Å². The average molecular weight is 699 g/mol. The molecule has 1 fully saturated rings. The molecule has 51 heavy (non-hydrogen) atoms. The second-order valence-electron chi connectivity index (χ2n) is 12.1. The minimum atomic E-state index is -0.606. The molecule has 0 N–H and O–H groups in total. The topological polar surface area (TPSA) is 124 Å². The van der Waals surface area contributed by atoms with Crippen molar-refractivity contribution in [1.29, 1.82) is 0 Å². The first-order valence-corrected chi connectivity index (χ1v) is 17.4. The van der Waals surface area contributed by atoms with Crippen molar-refractivity contribution in [1.82, 2.24) is 0 Å². The van der Waals surface area contributed by atoms with Gasteiger partial charge in [0, 0.05) is 18.4 Å². The largest absolute Gasteiger partial charge is 0.494 e. The van der Waals surface area contributed by atoms with Crippen LogP contribution in [0, 0.1) is 0 Å². The number of carbonyl (C=O) groups excluding carboxylic acids is 4. The normalized spacial score (nSPS) is 12.6. The van der Waals surface area contributed by atoms with Gasteiger partial charge in [-0.15, -0.1) is 0 Å². The summed E-state index contributed by atoms with van der Waals surface area (Å²) in [4.78, 5) is 48.3. The van der Waals surface area contributed by atoms with Gasteiger partial charge in [-0.25, -0.2) is 9.59 Å². The molecule has 10 nitrogen and oxygen atoms in total. The monoisotopic (exact) mass is 698 g/mol. The van der Waals surface area contributed by atoms with Crippen LogP contribution in [-0.4, -0.2) is 49.8 Å². The third-order valence-corrected chi connectivity index (χ3v) is 8.14. The maximum atomic E-state index is 12.7. The zero-order valence-corrected chi connectivity index (χ0v) is 29.0. The van der Waals surface area contributed by atoms with Crippen molar-refractivity contribution in [2.75, 3.05) is 19.8 Å². The van der Waals surface area contributed by atoms with Crippen LogP contribution < -0.4 is 14.2 Å². The fourth-order valence-corrected chi connectivity index (χ4v) is 5.38. The van der Waals surface area contributed by atoms with Crippen molar-refractivity contribution in [3.05, 3.63) is 103 Å². The summed E-state index contributed by atoms with van der Waals surface area (Å²) >= 11 is 0. The Morgan fingerprint density at radius 2 is 1.25 bits per heavy atom. The Kier molecular flexibility index (Phi) is 15.8. The van der Waals surface area contributed by atoms with Crippen LogP contribution in [-0.2, 0) is 28.6 Å². The van der Waals surface area contributed by atoms with E-state index in [0.29, 0.717) is 48.9 Å². The Hall–Kier alpha value is -5.38. The second-order valence-corrected chi connectivity index (χ2v) is 12.1. The highest BCUT2D eigenvalue weighted by atomic mass is 16.6. The molecule has 270 valence electrons. The van der Waals surface area contributed by atoms with Crippen molar-refractivity contribution < 1.29 is 47.6 Å². The van der Waals surface area contributed by atoms with E-state index < -0.39 is 17.9 Å². The summed E-state index contributed by atoms with van der Waals surface area (Å²) in [6, 6.07) is 21.5. The van der Waals surface area contributed by atoms with Gasteiger partial charge < -0.3 is 28.4 Å². The molecule has 0 bridgehead atoms. The number of carbonyl (C=O) groups is 4. The summed E-state index contributed by atoms with van der Waals surface area (Å²) in [6.07, 6.45) is 9.10. The lowest BCUT2D eigenvalue weighted by molar-refractivity contribution is -0.151. The molecule has 0 unspecified atom stereocenters. The number of ether oxygens (including phenoxy) is 6. The third-order valence-electron chi connectivity index (χ3n) is 8.14. The van der Waals surface area contributed by atoms with Crippen LogP contribution in [0.2, 0.25) is 0 Å². The minimum Gasteiger partial charge on any atom is -0.494 e. The minimum absolute atomic E-state index is 0.0615. The zero-order chi connectivity index (χ0) is 36.3. The molecule has 0 heterocycles. The van der Waals surface area contributed by atoms with Gasteiger partial charge in [0.1, 0.15) is 23.4 Å². The molecular weight excluding hydrogens is 652 g/mol. The summed E-state index contributed by atoms with van der Waals surface area (Å²) in [5.41, 5.74) is 2.37. The van der Waals surface area contributed by atoms with Gasteiger partial charge in [0.25, 0.3) is 0 Å². The fourth-order valence-electron chi connectivity index (χ4n) is 5.38. The number of esters is 4. The first-order chi connectivity index (χ1) is 24.8. The molecule has 0 amide bonds. The van der Waals surface area contributed by atoms with E-state index in [4.69, 9.17) is 23.7 Å². The SMILES string of the molecule is C=COC(=O)CCCCCOc1ccc(OC(=O)c2ccc(-c3ccc(OCCCOC(=O)C(=C)CC(=O)OC4CCCCC4)cc3)cc2)cc1. The molecule has 10 heteroatoms. The third kappa shape index (κ3) is 13.8. The van der Waals surface area contributed by atoms with Crippen LogP contribution in [0.25, 0.3) is 11.1 Å². The quantitative estimate of drug-likeness (QED) is 0.0284. The Balaban J connectivity index is 1.10. The maximum Gasteiger partial charge on any atom is 0.343 e. The first-order valence-electron chi connectivity index (χ1n) is 17.4. The molecule has 1 aliphatic carbocycles. The van der Waals surface area contributed by atoms with Gasteiger partial charge in [-0.05, 0) is 105 Å². The zero-order valence-electron chi connectivity index (χ0n) is 29.0. The fraction of sp³-hybridized carbons (Fsp3) is 0.366. The first kappa shape index (κ1) is 38.4. The predicted molar refractivity (Wildman–Crippen MR) is 191 cm³/mol. The van der Waals surface area contributed by atoms with Crippen molar-refractivity contribution in [3.63, 3.8) is 0 Å². The highest BCUT2D eigenvalue weighted by molar-refractivity contribution is 5.93. The number of unbranched alkanes of at least 4 members (excludes halogenated alkanes) is 2. The average Bonchev–Trinajstić information content (AvgIpc) is 3.14. The van der Waals surface area contributed by atoms with Gasteiger partial charge in [-0.1, -0.05) is 43.8 Å². The van der Waals surface area contributed by atoms with Crippen LogP contribution in [0.15, 0.2) is 97.8 Å². The molecule has 3 aromatic carbocycles. The van der Waals surface area contributed by atoms with Crippen LogP contribution >= 0.6 is 0 Å². The lowest BCUT2D eigenvalue weighted by Crippen LogP contribution is -2.22. The molecule has 0 aromatic heterocycles.